The van der Waals surface area contributed by atoms with Crippen LogP contribution in [0.15, 0.2) is 23.5 Å². The number of imidazole rings is 1. The molecule has 0 aliphatic heterocycles. The highest BCUT2D eigenvalue weighted by Crippen LogP contribution is 2.36. The number of hydrogen-bond donors (Lipinski definition) is 1. The largest absolute Gasteiger partial charge is 0.328 e. The first kappa shape index (κ1) is 15.0. The maximum Gasteiger partial charge on any atom is 0.155 e. The summed E-state index contributed by atoms with van der Waals surface area (Å²) in [6.45, 7) is 3.82. The van der Waals surface area contributed by atoms with E-state index in [0.717, 1.165) is 53.7 Å². The zero-order valence-electron chi connectivity index (χ0n) is 11.7. The number of rotatable bonds is 3. The molecule has 1 aliphatic carbocycles. The maximum atomic E-state index is 6.26. The van der Waals surface area contributed by atoms with Crippen LogP contribution in [-0.4, -0.2) is 20.4 Å². The maximum absolute atomic E-state index is 6.26. The third-order valence-corrected chi connectivity index (χ3v) is 4.93. The van der Waals surface area contributed by atoms with Crippen LogP contribution in [0.4, 0.5) is 0 Å². The van der Waals surface area contributed by atoms with Gasteiger partial charge in [0.1, 0.15) is 15.9 Å². The molecule has 6 heteroatoms. The van der Waals surface area contributed by atoms with Crippen molar-refractivity contribution in [1.82, 2.24) is 14.4 Å². The molecule has 0 bridgehead atoms. The van der Waals surface area contributed by atoms with Crippen LogP contribution in [0.25, 0.3) is 5.52 Å². The molecule has 2 atom stereocenters. The number of hydrogen-bond acceptors (Lipinski definition) is 3. The zero-order valence-corrected chi connectivity index (χ0v) is 14.1. The van der Waals surface area contributed by atoms with E-state index in [1.54, 1.807) is 6.20 Å². The second-order valence-electron chi connectivity index (χ2n) is 5.60. The molecule has 0 unspecified atom stereocenters. The molecule has 4 nitrogen and oxygen atoms in total. The predicted molar refractivity (Wildman–Crippen MR) is 88.8 cm³/mol. The van der Waals surface area contributed by atoms with Gasteiger partial charge in [-0.3, -0.25) is 4.40 Å². The van der Waals surface area contributed by atoms with E-state index < -0.39 is 0 Å². The Morgan fingerprint density at radius 3 is 3.05 bits per heavy atom. The van der Waals surface area contributed by atoms with Crippen LogP contribution >= 0.6 is 27.5 Å². The van der Waals surface area contributed by atoms with Crippen molar-refractivity contribution >= 4 is 33.0 Å². The second-order valence-corrected chi connectivity index (χ2v) is 6.71. The molecule has 0 radical (unpaired) electrons. The zero-order chi connectivity index (χ0) is 15.0. The number of nitrogens with two attached hydrogens (primary N) is 1. The Morgan fingerprint density at radius 2 is 2.33 bits per heavy atom. The molecule has 0 aromatic carbocycles. The van der Waals surface area contributed by atoms with Crippen LogP contribution in [0.2, 0.25) is 5.15 Å². The molecule has 0 spiro atoms. The molecule has 2 aromatic heterocycles. The molecule has 1 saturated carbocycles. The van der Waals surface area contributed by atoms with E-state index in [9.17, 15) is 0 Å². The molecule has 3 rings (SSSR count). The van der Waals surface area contributed by atoms with E-state index >= 15 is 0 Å². The van der Waals surface area contributed by atoms with E-state index in [1.165, 1.54) is 0 Å². The Labute approximate surface area is 137 Å². The first-order valence-corrected chi connectivity index (χ1v) is 8.36. The minimum Gasteiger partial charge on any atom is -0.328 e. The number of fused-ring (bicyclic) bond motifs is 1. The van der Waals surface area contributed by atoms with Crippen molar-refractivity contribution in [1.29, 1.82) is 0 Å². The molecular formula is C15H18BrClN4. The molecular weight excluding hydrogens is 352 g/mol. The molecule has 0 saturated heterocycles. The second kappa shape index (κ2) is 6.07. The fourth-order valence-corrected chi connectivity index (χ4v) is 4.04. The molecule has 2 aromatic rings. The smallest absolute Gasteiger partial charge is 0.155 e. The summed E-state index contributed by atoms with van der Waals surface area (Å²) in [5, 5.41) is 0.466. The van der Waals surface area contributed by atoms with E-state index in [-0.39, 0.29) is 6.04 Å². The van der Waals surface area contributed by atoms with E-state index in [2.05, 4.69) is 31.9 Å². The quantitative estimate of drug-likeness (QED) is 0.836. The first-order chi connectivity index (χ1) is 10.1. The van der Waals surface area contributed by atoms with E-state index in [1.807, 2.05) is 6.08 Å². The molecule has 0 amide bonds. The lowest BCUT2D eigenvalue weighted by atomic mass is 9.85. The van der Waals surface area contributed by atoms with Crippen LogP contribution in [-0.2, 0) is 6.42 Å². The summed E-state index contributed by atoms with van der Waals surface area (Å²) in [6.07, 6.45) is 8.74. The van der Waals surface area contributed by atoms with Crippen molar-refractivity contribution in [3.05, 3.63) is 40.1 Å². The standard InChI is InChI=1S/C15H18BrClN4/c1-2-4-11-8-19-14(17)12-13(16)20-15(21(11)12)9-5-3-6-10(18)7-9/h2,8-10H,1,3-7,18H2/t9-,10-/m1/s1. The van der Waals surface area contributed by atoms with Crippen molar-refractivity contribution in [3.63, 3.8) is 0 Å². The Bertz CT molecular complexity index is 682. The number of allylic oxidation sites excluding steroid dienone is 1. The van der Waals surface area contributed by atoms with Crippen LogP contribution in [0.5, 0.6) is 0 Å². The van der Waals surface area contributed by atoms with E-state index in [4.69, 9.17) is 22.3 Å². The van der Waals surface area contributed by atoms with Crippen molar-refractivity contribution in [3.8, 4) is 0 Å². The highest BCUT2D eigenvalue weighted by atomic mass is 79.9. The molecule has 2 heterocycles. The predicted octanol–water partition coefficient (Wildman–Crippen LogP) is 3.86. The molecule has 21 heavy (non-hydrogen) atoms. The molecule has 1 aliphatic rings. The summed E-state index contributed by atoms with van der Waals surface area (Å²) >= 11 is 9.79. The average Bonchev–Trinajstić information content (AvgIpc) is 2.81. The van der Waals surface area contributed by atoms with Crippen LogP contribution < -0.4 is 5.73 Å². The van der Waals surface area contributed by atoms with Gasteiger partial charge in [0.15, 0.2) is 5.15 Å². The van der Waals surface area contributed by atoms with Crippen molar-refractivity contribution in [2.45, 2.75) is 44.1 Å². The normalized spacial score (nSPS) is 22.6. The van der Waals surface area contributed by atoms with Crippen molar-refractivity contribution in [2.24, 2.45) is 5.73 Å². The van der Waals surface area contributed by atoms with Gasteiger partial charge in [-0.05, 0) is 35.2 Å². The first-order valence-electron chi connectivity index (χ1n) is 7.19. The van der Waals surface area contributed by atoms with Gasteiger partial charge < -0.3 is 5.73 Å². The molecule has 2 N–H and O–H groups in total. The lowest BCUT2D eigenvalue weighted by Gasteiger charge is -2.26. The van der Waals surface area contributed by atoms with Crippen molar-refractivity contribution in [2.75, 3.05) is 0 Å². The fraction of sp³-hybridized carbons (Fsp3) is 0.467. The Balaban J connectivity index is 2.17. The van der Waals surface area contributed by atoms with Gasteiger partial charge in [0.05, 0.1) is 0 Å². The minimum atomic E-state index is 0.259. The number of halogens is 2. The Kier molecular flexibility index (Phi) is 4.33. The lowest BCUT2D eigenvalue weighted by Crippen LogP contribution is -2.27. The highest BCUT2D eigenvalue weighted by molar-refractivity contribution is 9.10. The number of nitrogens with zero attached hydrogens (tertiary/aromatic N) is 3. The third kappa shape index (κ3) is 2.74. The lowest BCUT2D eigenvalue weighted by molar-refractivity contribution is 0.380. The van der Waals surface area contributed by atoms with Crippen LogP contribution in [0.3, 0.4) is 0 Å². The summed E-state index contributed by atoms with van der Waals surface area (Å²) in [7, 11) is 0. The summed E-state index contributed by atoms with van der Waals surface area (Å²) in [5.41, 5.74) is 8.03. The van der Waals surface area contributed by atoms with Gasteiger partial charge in [0.2, 0.25) is 0 Å². The minimum absolute atomic E-state index is 0.259. The van der Waals surface area contributed by atoms with Crippen molar-refractivity contribution < 1.29 is 0 Å². The SMILES string of the molecule is C=CCc1cnc(Cl)c2c(Br)nc([C@@H]3CCC[C@@H](N)C3)n12. The van der Waals surface area contributed by atoms with Gasteiger partial charge in [0, 0.05) is 30.3 Å². The highest BCUT2D eigenvalue weighted by Gasteiger charge is 2.27. The van der Waals surface area contributed by atoms with Crippen LogP contribution in [0, 0.1) is 0 Å². The Morgan fingerprint density at radius 1 is 1.52 bits per heavy atom. The summed E-state index contributed by atoms with van der Waals surface area (Å²) in [5.74, 6) is 1.41. The Hall–Kier alpha value is -0.910. The average molecular weight is 370 g/mol. The topological polar surface area (TPSA) is 56.2 Å². The summed E-state index contributed by atoms with van der Waals surface area (Å²) in [4.78, 5) is 8.98. The van der Waals surface area contributed by atoms with Gasteiger partial charge >= 0.3 is 0 Å². The molecule has 1 fully saturated rings. The third-order valence-electron chi connectivity index (χ3n) is 4.10. The summed E-state index contributed by atoms with van der Waals surface area (Å²) < 4.78 is 2.88. The van der Waals surface area contributed by atoms with Gasteiger partial charge in [0.25, 0.3) is 0 Å². The molecule has 112 valence electrons. The number of aromatic nitrogens is 3. The van der Waals surface area contributed by atoms with Gasteiger partial charge in [-0.1, -0.05) is 24.1 Å². The van der Waals surface area contributed by atoms with Gasteiger partial charge in [-0.2, -0.15) is 0 Å². The van der Waals surface area contributed by atoms with Crippen LogP contribution in [0.1, 0.15) is 43.1 Å². The monoisotopic (exact) mass is 368 g/mol. The fourth-order valence-electron chi connectivity index (χ4n) is 3.16. The summed E-state index contributed by atoms with van der Waals surface area (Å²) in [6, 6.07) is 0.259. The van der Waals surface area contributed by atoms with Gasteiger partial charge in [-0.15, -0.1) is 6.58 Å². The van der Waals surface area contributed by atoms with Gasteiger partial charge in [-0.25, -0.2) is 9.97 Å². The van der Waals surface area contributed by atoms with E-state index in [0.29, 0.717) is 11.1 Å².